The first-order chi connectivity index (χ1) is 12.3. The molecule has 2 aromatic rings. The van der Waals surface area contributed by atoms with E-state index in [1.807, 2.05) is 22.5 Å². The number of hydrogen-bond acceptors (Lipinski definition) is 7. The minimum atomic E-state index is 0.780. The monoisotopic (exact) mass is 353 g/mol. The summed E-state index contributed by atoms with van der Waals surface area (Å²) in [4.78, 5) is 11.6. The first kappa shape index (κ1) is 14.9. The van der Waals surface area contributed by atoms with Crippen LogP contribution < -0.4 is 10.7 Å². The van der Waals surface area contributed by atoms with Crippen LogP contribution in [0, 0.1) is 0 Å². The number of nitrogens with one attached hydrogen (secondary N) is 2. The van der Waals surface area contributed by atoms with Crippen LogP contribution in [0.2, 0.25) is 0 Å². The molecule has 0 unspecified atom stereocenters. The largest absolute Gasteiger partial charge is 0.493 e. The van der Waals surface area contributed by atoms with Crippen molar-refractivity contribution >= 4 is 27.4 Å². The first-order valence-electron chi connectivity index (χ1n) is 8.56. The average Bonchev–Trinajstić information content (AvgIpc) is 3.24. The number of nitrogens with zero attached hydrogens (tertiary/aromatic N) is 3. The highest BCUT2D eigenvalue weighted by Gasteiger charge is 2.24. The van der Waals surface area contributed by atoms with Crippen molar-refractivity contribution in [3.8, 4) is 0 Å². The molecule has 2 N–H and O–H groups in total. The molecule has 0 aromatic carbocycles. The molecular formula is C18H19N5OS. The summed E-state index contributed by atoms with van der Waals surface area (Å²) in [5.74, 6) is 1.65. The Hall–Kier alpha value is -2.38. The summed E-state index contributed by atoms with van der Waals surface area (Å²) in [6.07, 6.45) is 12.6. The first-order valence-corrected chi connectivity index (χ1v) is 9.38. The predicted octanol–water partition coefficient (Wildman–Crippen LogP) is 3.07. The van der Waals surface area contributed by atoms with E-state index in [9.17, 15) is 0 Å². The third-order valence-electron chi connectivity index (χ3n) is 4.88. The lowest BCUT2D eigenvalue weighted by Gasteiger charge is -2.24. The number of ether oxygens (including phenoxy) is 1. The molecule has 0 amide bonds. The molecule has 7 heteroatoms. The van der Waals surface area contributed by atoms with Gasteiger partial charge in [-0.3, -0.25) is 5.01 Å². The fraction of sp³-hybridized carbons (Fsp3) is 0.333. The van der Waals surface area contributed by atoms with Crippen LogP contribution in [-0.4, -0.2) is 28.6 Å². The molecule has 5 rings (SSSR count). The maximum Gasteiger partial charge on any atom is 0.160 e. The third kappa shape index (κ3) is 2.42. The van der Waals surface area contributed by atoms with Crippen molar-refractivity contribution in [2.45, 2.75) is 25.7 Å². The molecule has 0 radical (unpaired) electrons. The molecule has 25 heavy (non-hydrogen) atoms. The van der Waals surface area contributed by atoms with Crippen LogP contribution in [0.4, 0.5) is 5.82 Å². The van der Waals surface area contributed by atoms with E-state index in [0.29, 0.717) is 0 Å². The van der Waals surface area contributed by atoms with Crippen molar-refractivity contribution in [1.29, 1.82) is 0 Å². The summed E-state index contributed by atoms with van der Waals surface area (Å²) < 4.78 is 5.57. The molecule has 0 atom stereocenters. The van der Waals surface area contributed by atoms with E-state index < -0.39 is 0 Å². The molecule has 3 aliphatic rings. The lowest BCUT2D eigenvalue weighted by atomic mass is 9.97. The fourth-order valence-corrected chi connectivity index (χ4v) is 4.89. The zero-order chi connectivity index (χ0) is 16.8. The predicted molar refractivity (Wildman–Crippen MR) is 98.8 cm³/mol. The van der Waals surface area contributed by atoms with Gasteiger partial charge in [-0.1, -0.05) is 0 Å². The van der Waals surface area contributed by atoms with Gasteiger partial charge in [0.15, 0.2) is 5.76 Å². The van der Waals surface area contributed by atoms with Gasteiger partial charge in [-0.05, 0) is 43.4 Å². The van der Waals surface area contributed by atoms with E-state index in [1.165, 1.54) is 28.7 Å². The zero-order valence-corrected chi connectivity index (χ0v) is 14.8. The van der Waals surface area contributed by atoms with Crippen LogP contribution in [0.3, 0.4) is 0 Å². The summed E-state index contributed by atoms with van der Waals surface area (Å²) in [5.41, 5.74) is 6.72. The van der Waals surface area contributed by atoms with Gasteiger partial charge in [0.05, 0.1) is 30.1 Å². The van der Waals surface area contributed by atoms with E-state index in [-0.39, 0.29) is 0 Å². The summed E-state index contributed by atoms with van der Waals surface area (Å²) in [6.45, 7) is 0.822. The van der Waals surface area contributed by atoms with E-state index in [4.69, 9.17) is 4.74 Å². The Bertz CT molecular complexity index is 942. The highest BCUT2D eigenvalue weighted by atomic mass is 32.1. The van der Waals surface area contributed by atoms with Crippen LogP contribution in [-0.2, 0) is 17.6 Å². The Labute approximate surface area is 149 Å². The Morgan fingerprint density at radius 3 is 3.12 bits per heavy atom. The molecule has 0 saturated carbocycles. The number of rotatable bonds is 3. The molecule has 2 aliphatic heterocycles. The van der Waals surface area contributed by atoms with Crippen LogP contribution in [0.5, 0.6) is 0 Å². The Morgan fingerprint density at radius 2 is 2.20 bits per heavy atom. The number of hydrogen-bond donors (Lipinski definition) is 2. The van der Waals surface area contributed by atoms with E-state index in [0.717, 1.165) is 47.2 Å². The van der Waals surface area contributed by atoms with Crippen LogP contribution >= 0.6 is 11.3 Å². The highest BCUT2D eigenvalue weighted by molar-refractivity contribution is 7.19. The normalized spacial score (nSPS) is 19.1. The summed E-state index contributed by atoms with van der Waals surface area (Å²) >= 11 is 1.81. The number of anilines is 1. The molecule has 1 aliphatic carbocycles. The molecule has 0 fully saturated rings. The Morgan fingerprint density at radius 1 is 1.28 bits per heavy atom. The molecule has 0 saturated heterocycles. The number of fused-ring (bicyclic) bond motifs is 4. The van der Waals surface area contributed by atoms with Crippen molar-refractivity contribution in [3.63, 3.8) is 0 Å². The van der Waals surface area contributed by atoms with Gasteiger partial charge in [-0.25, -0.2) is 15.4 Å². The van der Waals surface area contributed by atoms with E-state index in [1.54, 1.807) is 13.4 Å². The van der Waals surface area contributed by atoms with Gasteiger partial charge in [0.1, 0.15) is 17.0 Å². The minimum absolute atomic E-state index is 0.780. The van der Waals surface area contributed by atoms with Crippen molar-refractivity contribution in [3.05, 3.63) is 52.3 Å². The van der Waals surface area contributed by atoms with Crippen LogP contribution in [0.25, 0.3) is 10.2 Å². The minimum Gasteiger partial charge on any atom is -0.493 e. The van der Waals surface area contributed by atoms with Gasteiger partial charge in [-0.15, -0.1) is 11.3 Å². The average molecular weight is 353 g/mol. The van der Waals surface area contributed by atoms with Crippen molar-refractivity contribution in [2.24, 2.45) is 0 Å². The van der Waals surface area contributed by atoms with Gasteiger partial charge in [0, 0.05) is 11.4 Å². The maximum absolute atomic E-state index is 5.57. The zero-order valence-electron chi connectivity index (χ0n) is 14.0. The second-order valence-electron chi connectivity index (χ2n) is 6.36. The molecule has 4 heterocycles. The van der Waals surface area contributed by atoms with E-state index in [2.05, 4.69) is 32.9 Å². The topological polar surface area (TPSA) is 62.3 Å². The van der Waals surface area contributed by atoms with Gasteiger partial charge in [0.2, 0.25) is 0 Å². The Balaban J connectivity index is 1.58. The van der Waals surface area contributed by atoms with Crippen LogP contribution in [0.1, 0.15) is 23.3 Å². The Kier molecular flexibility index (Phi) is 3.50. The summed E-state index contributed by atoms with van der Waals surface area (Å²) in [5, 5.41) is 6.66. The van der Waals surface area contributed by atoms with E-state index >= 15 is 0 Å². The standard InChI is InChI=1S/C18H19N5OS/c1-24-14-9-23-11(6-7-21-23)8-13(14)22-17-16-12-4-2-3-5-15(12)25-18(16)20-10-19-17/h6,8-10,21H,2-5,7H2,1H3,(H,19,20,22). The maximum atomic E-state index is 5.57. The fourth-order valence-electron chi connectivity index (χ4n) is 3.67. The molecule has 2 aromatic heterocycles. The quantitative estimate of drug-likeness (QED) is 0.884. The number of hydrazine groups is 1. The molecule has 0 spiro atoms. The second-order valence-corrected chi connectivity index (χ2v) is 7.44. The molecule has 6 nitrogen and oxygen atoms in total. The highest BCUT2D eigenvalue weighted by Crippen LogP contribution is 2.39. The van der Waals surface area contributed by atoms with Crippen molar-refractivity contribution in [2.75, 3.05) is 19.0 Å². The number of aryl methyl sites for hydroxylation is 2. The number of allylic oxidation sites excluding steroid dienone is 1. The van der Waals surface area contributed by atoms with Crippen molar-refractivity contribution < 1.29 is 4.74 Å². The smallest absolute Gasteiger partial charge is 0.160 e. The molecular weight excluding hydrogens is 334 g/mol. The number of methoxy groups -OCH3 is 1. The molecule has 128 valence electrons. The second kappa shape index (κ2) is 5.86. The van der Waals surface area contributed by atoms with Crippen molar-refractivity contribution in [1.82, 2.24) is 20.4 Å². The SMILES string of the molecule is COC1=CN2NCC=C2C=C1Nc1ncnc2sc3c(c12)CCCC3. The number of thiophene rings is 1. The number of aromatic nitrogens is 2. The third-order valence-corrected chi connectivity index (χ3v) is 6.08. The summed E-state index contributed by atoms with van der Waals surface area (Å²) in [7, 11) is 1.69. The summed E-state index contributed by atoms with van der Waals surface area (Å²) in [6, 6.07) is 0. The lowest BCUT2D eigenvalue weighted by Crippen LogP contribution is -2.29. The van der Waals surface area contributed by atoms with Gasteiger partial charge in [-0.2, -0.15) is 0 Å². The van der Waals surface area contributed by atoms with Gasteiger partial charge >= 0.3 is 0 Å². The molecule has 0 bridgehead atoms. The van der Waals surface area contributed by atoms with Gasteiger partial charge in [0.25, 0.3) is 0 Å². The lowest BCUT2D eigenvalue weighted by molar-refractivity contribution is 0.275. The van der Waals surface area contributed by atoms with Crippen LogP contribution in [0.15, 0.2) is 41.8 Å². The van der Waals surface area contributed by atoms with Gasteiger partial charge < -0.3 is 10.1 Å².